The molecule has 114 valence electrons. The predicted molar refractivity (Wildman–Crippen MR) is 86.4 cm³/mol. The molecule has 0 aliphatic carbocycles. The Morgan fingerprint density at radius 2 is 1.77 bits per heavy atom. The first-order valence-electron chi connectivity index (χ1n) is 7.86. The van der Waals surface area contributed by atoms with Crippen molar-refractivity contribution in [3.05, 3.63) is 71.3 Å². The summed E-state index contributed by atoms with van der Waals surface area (Å²) in [4.78, 5) is 14.4. The van der Waals surface area contributed by atoms with Crippen molar-refractivity contribution in [3.8, 4) is 0 Å². The third-order valence-corrected chi connectivity index (χ3v) is 4.00. The van der Waals surface area contributed by atoms with Crippen LogP contribution < -0.4 is 0 Å². The first-order valence-corrected chi connectivity index (χ1v) is 7.86. The largest absolute Gasteiger partial charge is 0.349 e. The molecule has 1 aliphatic heterocycles. The van der Waals surface area contributed by atoms with Gasteiger partial charge in [-0.25, -0.2) is 0 Å². The van der Waals surface area contributed by atoms with Crippen LogP contribution in [0.25, 0.3) is 0 Å². The molecule has 3 rings (SSSR count). The van der Waals surface area contributed by atoms with Gasteiger partial charge in [0.05, 0.1) is 6.61 Å². The third-order valence-electron chi connectivity index (χ3n) is 4.00. The van der Waals surface area contributed by atoms with Crippen molar-refractivity contribution in [2.75, 3.05) is 6.54 Å². The lowest BCUT2D eigenvalue weighted by atomic mass is 10.1. The minimum atomic E-state index is -0.268. The second-order valence-electron chi connectivity index (χ2n) is 5.59. The lowest BCUT2D eigenvalue weighted by molar-refractivity contribution is -0.0488. The van der Waals surface area contributed by atoms with Gasteiger partial charge in [-0.05, 0) is 18.1 Å². The first-order chi connectivity index (χ1) is 10.8. The Morgan fingerprint density at radius 1 is 1.05 bits per heavy atom. The van der Waals surface area contributed by atoms with Gasteiger partial charge in [-0.1, -0.05) is 61.9 Å². The van der Waals surface area contributed by atoms with Gasteiger partial charge < -0.3 is 9.64 Å². The molecule has 2 aromatic carbocycles. The molecule has 3 nitrogen and oxygen atoms in total. The molecule has 0 radical (unpaired) electrons. The van der Waals surface area contributed by atoms with E-state index in [0.717, 1.165) is 36.1 Å². The molecule has 0 fully saturated rings. The Labute approximate surface area is 131 Å². The second-order valence-corrected chi connectivity index (χ2v) is 5.59. The van der Waals surface area contributed by atoms with Crippen LogP contribution in [0.4, 0.5) is 0 Å². The minimum absolute atomic E-state index is 0.0853. The van der Waals surface area contributed by atoms with Gasteiger partial charge in [0.25, 0.3) is 5.91 Å². The van der Waals surface area contributed by atoms with Gasteiger partial charge in [0, 0.05) is 17.7 Å². The van der Waals surface area contributed by atoms with Crippen LogP contribution in [0.15, 0.2) is 54.6 Å². The Hall–Kier alpha value is -2.13. The number of carbonyl (C=O) groups is 1. The first kappa shape index (κ1) is 14.8. The van der Waals surface area contributed by atoms with Crippen molar-refractivity contribution < 1.29 is 9.53 Å². The van der Waals surface area contributed by atoms with Gasteiger partial charge in [0.2, 0.25) is 0 Å². The van der Waals surface area contributed by atoms with E-state index in [1.807, 2.05) is 59.5 Å². The summed E-state index contributed by atoms with van der Waals surface area (Å²) in [6.07, 6.45) is 1.78. The summed E-state index contributed by atoms with van der Waals surface area (Å²) >= 11 is 0. The predicted octanol–water partition coefficient (Wildman–Crippen LogP) is 4.16. The van der Waals surface area contributed by atoms with Crippen LogP contribution in [0.3, 0.4) is 0 Å². The van der Waals surface area contributed by atoms with E-state index < -0.39 is 0 Å². The fourth-order valence-corrected chi connectivity index (χ4v) is 2.81. The molecule has 0 spiro atoms. The normalized spacial score (nSPS) is 16.9. The molecule has 0 saturated carbocycles. The van der Waals surface area contributed by atoms with E-state index in [4.69, 9.17) is 4.74 Å². The van der Waals surface area contributed by atoms with E-state index in [0.29, 0.717) is 6.61 Å². The molecule has 0 aromatic heterocycles. The monoisotopic (exact) mass is 295 g/mol. The van der Waals surface area contributed by atoms with Crippen LogP contribution in [0.2, 0.25) is 0 Å². The number of ether oxygens (including phenoxy) is 1. The maximum atomic E-state index is 12.6. The van der Waals surface area contributed by atoms with E-state index in [9.17, 15) is 4.79 Å². The van der Waals surface area contributed by atoms with Gasteiger partial charge in [-0.2, -0.15) is 0 Å². The highest BCUT2D eigenvalue weighted by molar-refractivity contribution is 5.98. The Morgan fingerprint density at radius 3 is 2.55 bits per heavy atom. The molecular weight excluding hydrogens is 274 g/mol. The summed E-state index contributed by atoms with van der Waals surface area (Å²) in [7, 11) is 0. The number of hydrogen-bond donors (Lipinski definition) is 0. The van der Waals surface area contributed by atoms with Crippen molar-refractivity contribution in [2.45, 2.75) is 32.6 Å². The summed E-state index contributed by atoms with van der Waals surface area (Å²) in [5.74, 6) is 0.0853. The SMILES string of the molecule is CCCCN1C(=O)c2ccccc2C1OCc1ccccc1. The molecule has 0 bridgehead atoms. The summed E-state index contributed by atoms with van der Waals surface area (Å²) in [6.45, 7) is 3.38. The molecular formula is C19H21NO2. The van der Waals surface area contributed by atoms with Crippen molar-refractivity contribution in [2.24, 2.45) is 0 Å². The Balaban J connectivity index is 1.80. The van der Waals surface area contributed by atoms with Crippen molar-refractivity contribution in [1.82, 2.24) is 4.90 Å². The number of nitrogens with zero attached hydrogens (tertiary/aromatic N) is 1. The topological polar surface area (TPSA) is 29.5 Å². The minimum Gasteiger partial charge on any atom is -0.349 e. The maximum absolute atomic E-state index is 12.6. The van der Waals surface area contributed by atoms with Crippen LogP contribution in [0, 0.1) is 0 Å². The van der Waals surface area contributed by atoms with Crippen LogP contribution in [-0.4, -0.2) is 17.4 Å². The fraction of sp³-hybridized carbons (Fsp3) is 0.316. The highest BCUT2D eigenvalue weighted by atomic mass is 16.5. The van der Waals surface area contributed by atoms with Crippen molar-refractivity contribution in [1.29, 1.82) is 0 Å². The van der Waals surface area contributed by atoms with Gasteiger partial charge in [0.1, 0.15) is 0 Å². The lowest BCUT2D eigenvalue weighted by Crippen LogP contribution is -2.30. The lowest BCUT2D eigenvalue weighted by Gasteiger charge is -2.25. The smallest absolute Gasteiger partial charge is 0.256 e. The quantitative estimate of drug-likeness (QED) is 0.801. The highest BCUT2D eigenvalue weighted by Gasteiger charge is 2.36. The van der Waals surface area contributed by atoms with Crippen LogP contribution in [-0.2, 0) is 11.3 Å². The van der Waals surface area contributed by atoms with E-state index in [2.05, 4.69) is 6.92 Å². The molecule has 1 heterocycles. The van der Waals surface area contributed by atoms with E-state index in [1.165, 1.54) is 0 Å². The zero-order valence-corrected chi connectivity index (χ0v) is 12.9. The number of unbranched alkanes of at least 4 members (excludes halogenated alkanes) is 1. The number of rotatable bonds is 6. The highest BCUT2D eigenvalue weighted by Crippen LogP contribution is 2.35. The average Bonchev–Trinajstić information content (AvgIpc) is 2.84. The van der Waals surface area contributed by atoms with Crippen molar-refractivity contribution >= 4 is 5.91 Å². The maximum Gasteiger partial charge on any atom is 0.256 e. The number of hydrogen-bond acceptors (Lipinski definition) is 2. The molecule has 1 amide bonds. The number of carbonyl (C=O) groups excluding carboxylic acids is 1. The summed E-state index contributed by atoms with van der Waals surface area (Å²) < 4.78 is 6.10. The van der Waals surface area contributed by atoms with E-state index in [-0.39, 0.29) is 12.1 Å². The molecule has 1 unspecified atom stereocenters. The van der Waals surface area contributed by atoms with E-state index in [1.54, 1.807) is 0 Å². The zero-order valence-electron chi connectivity index (χ0n) is 12.9. The van der Waals surface area contributed by atoms with E-state index >= 15 is 0 Å². The Kier molecular flexibility index (Phi) is 4.54. The van der Waals surface area contributed by atoms with Crippen LogP contribution in [0.5, 0.6) is 0 Å². The number of amides is 1. The Bertz CT molecular complexity index is 639. The molecule has 3 heteroatoms. The van der Waals surface area contributed by atoms with Crippen LogP contribution in [0.1, 0.15) is 47.5 Å². The van der Waals surface area contributed by atoms with Crippen molar-refractivity contribution in [3.63, 3.8) is 0 Å². The number of benzene rings is 2. The molecule has 1 aliphatic rings. The molecule has 1 atom stereocenters. The standard InChI is InChI=1S/C19H21NO2/c1-2-3-13-20-18(21)16-11-7-8-12-17(16)19(20)22-14-15-9-5-4-6-10-15/h4-12,19H,2-3,13-14H2,1H3. The molecule has 2 aromatic rings. The summed E-state index contributed by atoms with van der Waals surface area (Å²) in [5.41, 5.74) is 2.88. The van der Waals surface area contributed by atoms with Gasteiger partial charge in [-0.3, -0.25) is 4.79 Å². The molecule has 0 saturated heterocycles. The number of fused-ring (bicyclic) bond motifs is 1. The summed E-state index contributed by atoms with van der Waals surface area (Å²) in [5, 5.41) is 0. The van der Waals surface area contributed by atoms with Crippen LogP contribution >= 0.6 is 0 Å². The average molecular weight is 295 g/mol. The molecule has 0 N–H and O–H groups in total. The third kappa shape index (κ3) is 2.90. The summed E-state index contributed by atoms with van der Waals surface area (Å²) in [6, 6.07) is 17.8. The second kappa shape index (κ2) is 6.75. The van der Waals surface area contributed by atoms with Gasteiger partial charge in [0.15, 0.2) is 6.23 Å². The molecule has 22 heavy (non-hydrogen) atoms. The van der Waals surface area contributed by atoms with Gasteiger partial charge >= 0.3 is 0 Å². The fourth-order valence-electron chi connectivity index (χ4n) is 2.81. The zero-order chi connectivity index (χ0) is 15.4. The van der Waals surface area contributed by atoms with Gasteiger partial charge in [-0.15, -0.1) is 0 Å².